The Bertz CT molecular complexity index is 175. The Kier molecular flexibility index (Phi) is 6.32. The first-order valence-electron chi connectivity index (χ1n) is 6.67. The third kappa shape index (κ3) is 5.83. The second-order valence-electron chi connectivity index (χ2n) is 5.23. The van der Waals surface area contributed by atoms with Gasteiger partial charge in [-0.15, -0.1) is 0 Å². The van der Waals surface area contributed by atoms with Crippen LogP contribution in [-0.4, -0.2) is 36.5 Å². The molecule has 0 aromatic carbocycles. The van der Waals surface area contributed by atoms with E-state index in [0.29, 0.717) is 12.6 Å². The minimum Gasteiger partial charge on any atom is -0.389 e. The minimum absolute atomic E-state index is 0.294. The van der Waals surface area contributed by atoms with Crippen LogP contribution in [0.1, 0.15) is 52.4 Å². The fourth-order valence-corrected chi connectivity index (χ4v) is 2.25. The van der Waals surface area contributed by atoms with Crippen LogP contribution in [0.15, 0.2) is 0 Å². The van der Waals surface area contributed by atoms with E-state index < -0.39 is 5.60 Å². The molecule has 3 heteroatoms. The summed E-state index contributed by atoms with van der Waals surface area (Å²) < 4.78 is 5.44. The van der Waals surface area contributed by atoms with Crippen LogP contribution in [0.2, 0.25) is 0 Å². The van der Waals surface area contributed by atoms with Crippen molar-refractivity contribution >= 4 is 0 Å². The second kappa shape index (κ2) is 7.25. The standard InChI is InChI=1S/C13H27NO2/c1-12(2)16-10-9-14-11-13(15)7-5-3-4-6-8-13/h12,14-15H,3-11H2,1-2H3. The Balaban J connectivity index is 2.10. The first-order chi connectivity index (χ1) is 7.62. The summed E-state index contributed by atoms with van der Waals surface area (Å²) in [6, 6.07) is 0. The number of rotatable bonds is 6. The van der Waals surface area contributed by atoms with Crippen molar-refractivity contribution in [3.05, 3.63) is 0 Å². The molecule has 1 aliphatic carbocycles. The second-order valence-corrected chi connectivity index (χ2v) is 5.23. The Labute approximate surface area is 99.6 Å². The summed E-state index contributed by atoms with van der Waals surface area (Å²) in [5.41, 5.74) is -0.464. The maximum absolute atomic E-state index is 10.4. The average molecular weight is 229 g/mol. The van der Waals surface area contributed by atoms with E-state index in [1.807, 2.05) is 13.8 Å². The lowest BCUT2D eigenvalue weighted by Crippen LogP contribution is -2.41. The Morgan fingerprint density at radius 3 is 2.38 bits per heavy atom. The first kappa shape index (κ1) is 13.9. The molecule has 0 aromatic rings. The molecule has 96 valence electrons. The van der Waals surface area contributed by atoms with Gasteiger partial charge in [0, 0.05) is 13.1 Å². The predicted molar refractivity (Wildman–Crippen MR) is 66.6 cm³/mol. The monoisotopic (exact) mass is 229 g/mol. The number of hydrogen-bond donors (Lipinski definition) is 2. The molecule has 0 unspecified atom stereocenters. The summed E-state index contributed by atoms with van der Waals surface area (Å²) in [6.07, 6.45) is 7.08. The smallest absolute Gasteiger partial charge is 0.0771 e. The van der Waals surface area contributed by atoms with Crippen molar-refractivity contribution in [2.75, 3.05) is 19.7 Å². The first-order valence-corrected chi connectivity index (χ1v) is 6.67. The molecule has 0 aromatic heterocycles. The molecular formula is C13H27NO2. The molecule has 1 aliphatic rings. The minimum atomic E-state index is -0.464. The fraction of sp³-hybridized carbons (Fsp3) is 1.00. The van der Waals surface area contributed by atoms with Crippen LogP contribution < -0.4 is 5.32 Å². The van der Waals surface area contributed by atoms with E-state index in [1.165, 1.54) is 25.7 Å². The maximum atomic E-state index is 10.4. The molecule has 1 saturated carbocycles. The summed E-state index contributed by atoms with van der Waals surface area (Å²) >= 11 is 0. The van der Waals surface area contributed by atoms with Crippen molar-refractivity contribution in [3.63, 3.8) is 0 Å². The zero-order valence-electron chi connectivity index (χ0n) is 10.8. The molecule has 0 heterocycles. The molecular weight excluding hydrogens is 202 g/mol. The number of ether oxygens (including phenoxy) is 1. The molecule has 3 nitrogen and oxygen atoms in total. The average Bonchev–Trinajstić information content (AvgIpc) is 2.43. The van der Waals surface area contributed by atoms with Crippen molar-refractivity contribution < 1.29 is 9.84 Å². The zero-order valence-corrected chi connectivity index (χ0v) is 10.8. The highest BCUT2D eigenvalue weighted by Gasteiger charge is 2.27. The number of aliphatic hydroxyl groups is 1. The van der Waals surface area contributed by atoms with Gasteiger partial charge in [0.25, 0.3) is 0 Å². The van der Waals surface area contributed by atoms with Crippen LogP contribution in [0.25, 0.3) is 0 Å². The molecule has 1 fully saturated rings. The third-order valence-electron chi connectivity index (χ3n) is 3.22. The Hall–Kier alpha value is -0.120. The third-order valence-corrected chi connectivity index (χ3v) is 3.22. The number of hydrogen-bond acceptors (Lipinski definition) is 3. The zero-order chi connectivity index (χ0) is 11.9. The summed E-state index contributed by atoms with van der Waals surface area (Å²) in [7, 11) is 0. The van der Waals surface area contributed by atoms with Gasteiger partial charge in [0.15, 0.2) is 0 Å². The van der Waals surface area contributed by atoms with Gasteiger partial charge in [0.1, 0.15) is 0 Å². The van der Waals surface area contributed by atoms with Gasteiger partial charge in [0.2, 0.25) is 0 Å². The largest absolute Gasteiger partial charge is 0.389 e. The predicted octanol–water partition coefficient (Wildman–Crippen LogP) is 2.09. The van der Waals surface area contributed by atoms with Crippen molar-refractivity contribution in [1.29, 1.82) is 0 Å². The lowest BCUT2D eigenvalue weighted by Gasteiger charge is -2.27. The number of nitrogens with one attached hydrogen (secondary N) is 1. The summed E-state index contributed by atoms with van der Waals surface area (Å²) in [4.78, 5) is 0. The summed E-state index contributed by atoms with van der Waals surface area (Å²) in [5, 5.41) is 13.7. The highest BCUT2D eigenvalue weighted by atomic mass is 16.5. The van der Waals surface area contributed by atoms with Crippen LogP contribution in [0.5, 0.6) is 0 Å². The van der Waals surface area contributed by atoms with Crippen LogP contribution in [-0.2, 0) is 4.74 Å². The van der Waals surface area contributed by atoms with Crippen molar-refractivity contribution in [2.24, 2.45) is 0 Å². The molecule has 1 rings (SSSR count). The van der Waals surface area contributed by atoms with Gasteiger partial charge in [-0.2, -0.15) is 0 Å². The molecule has 0 radical (unpaired) electrons. The van der Waals surface area contributed by atoms with Gasteiger partial charge in [-0.1, -0.05) is 25.7 Å². The van der Waals surface area contributed by atoms with Gasteiger partial charge in [0.05, 0.1) is 18.3 Å². The van der Waals surface area contributed by atoms with E-state index in [1.54, 1.807) is 0 Å². The molecule has 2 N–H and O–H groups in total. The van der Waals surface area contributed by atoms with Crippen molar-refractivity contribution in [2.45, 2.75) is 64.1 Å². The van der Waals surface area contributed by atoms with Crippen LogP contribution in [0.4, 0.5) is 0 Å². The van der Waals surface area contributed by atoms with Crippen molar-refractivity contribution in [1.82, 2.24) is 5.32 Å². The lowest BCUT2D eigenvalue weighted by molar-refractivity contribution is 0.0212. The highest BCUT2D eigenvalue weighted by molar-refractivity contribution is 4.83. The molecule has 0 saturated heterocycles. The molecule has 0 bridgehead atoms. The molecule has 0 spiro atoms. The molecule has 16 heavy (non-hydrogen) atoms. The van der Waals surface area contributed by atoms with E-state index in [-0.39, 0.29) is 0 Å². The van der Waals surface area contributed by atoms with E-state index in [2.05, 4.69) is 5.32 Å². The van der Waals surface area contributed by atoms with E-state index in [9.17, 15) is 5.11 Å². The SMILES string of the molecule is CC(C)OCCNCC1(O)CCCCCC1. The molecule has 0 aliphatic heterocycles. The van der Waals surface area contributed by atoms with Crippen LogP contribution in [0, 0.1) is 0 Å². The normalized spacial score (nSPS) is 21.0. The Morgan fingerprint density at radius 2 is 1.81 bits per heavy atom. The molecule has 0 atom stereocenters. The fourth-order valence-electron chi connectivity index (χ4n) is 2.25. The van der Waals surface area contributed by atoms with E-state index in [0.717, 1.165) is 26.0 Å². The van der Waals surface area contributed by atoms with Crippen LogP contribution in [0.3, 0.4) is 0 Å². The maximum Gasteiger partial charge on any atom is 0.0771 e. The van der Waals surface area contributed by atoms with E-state index in [4.69, 9.17) is 4.74 Å². The van der Waals surface area contributed by atoms with Gasteiger partial charge in [-0.3, -0.25) is 0 Å². The highest BCUT2D eigenvalue weighted by Crippen LogP contribution is 2.26. The van der Waals surface area contributed by atoms with Gasteiger partial charge < -0.3 is 15.2 Å². The quantitative estimate of drug-likeness (QED) is 0.541. The van der Waals surface area contributed by atoms with Gasteiger partial charge in [-0.25, -0.2) is 0 Å². The summed E-state index contributed by atoms with van der Waals surface area (Å²) in [6.45, 7) is 6.36. The van der Waals surface area contributed by atoms with E-state index >= 15 is 0 Å². The topological polar surface area (TPSA) is 41.5 Å². The lowest BCUT2D eigenvalue weighted by atomic mass is 9.94. The van der Waals surface area contributed by atoms with Crippen LogP contribution >= 0.6 is 0 Å². The molecule has 0 amide bonds. The van der Waals surface area contributed by atoms with Gasteiger partial charge in [-0.05, 0) is 26.7 Å². The van der Waals surface area contributed by atoms with Crippen molar-refractivity contribution in [3.8, 4) is 0 Å². The van der Waals surface area contributed by atoms with Gasteiger partial charge >= 0.3 is 0 Å². The summed E-state index contributed by atoms with van der Waals surface area (Å²) in [5.74, 6) is 0. The Morgan fingerprint density at radius 1 is 1.19 bits per heavy atom.